The first-order valence-corrected chi connectivity index (χ1v) is 21.2. The Morgan fingerprint density at radius 1 is 0.509 bits per heavy atom. The van der Waals surface area contributed by atoms with Gasteiger partial charge in [-0.15, -0.1) is 23.7 Å². The first-order chi connectivity index (χ1) is 27.3. The van der Waals surface area contributed by atoms with Crippen LogP contribution in [0.2, 0.25) is 0 Å². The van der Waals surface area contributed by atoms with Crippen LogP contribution in [-0.2, 0) is 42.7 Å². The number of esters is 2. The van der Waals surface area contributed by atoms with Gasteiger partial charge in [-0.05, 0) is 86.9 Å². The lowest BCUT2D eigenvalue weighted by Gasteiger charge is -2.29. The average Bonchev–Trinajstić information content (AvgIpc) is 3.99. The van der Waals surface area contributed by atoms with Crippen molar-refractivity contribution in [2.24, 2.45) is 46.3 Å². The summed E-state index contributed by atoms with van der Waals surface area (Å²) >= 11 is 0. The van der Waals surface area contributed by atoms with Crippen molar-refractivity contribution in [2.45, 2.75) is 116 Å². The highest BCUT2D eigenvalue weighted by Crippen LogP contribution is 2.53. The minimum atomic E-state index is -0.997. The molecule has 316 valence electrons. The number of hydrogen-bond acceptors (Lipinski definition) is 11. The Morgan fingerprint density at radius 2 is 0.842 bits per heavy atom. The van der Waals surface area contributed by atoms with E-state index in [0.29, 0.717) is 101 Å². The fourth-order valence-electron chi connectivity index (χ4n) is 8.43. The van der Waals surface area contributed by atoms with Crippen LogP contribution in [0.3, 0.4) is 0 Å². The predicted octanol–water partition coefficient (Wildman–Crippen LogP) is 5.57. The van der Waals surface area contributed by atoms with Crippen LogP contribution < -0.4 is 10.6 Å². The van der Waals surface area contributed by atoms with Gasteiger partial charge in [-0.3, -0.25) is 0 Å². The molecule has 13 heteroatoms. The third-order valence-corrected chi connectivity index (χ3v) is 12.3. The number of amides is 2. The summed E-state index contributed by atoms with van der Waals surface area (Å²) in [7, 11) is 0. The average molecular weight is 797 g/mol. The fourth-order valence-corrected chi connectivity index (χ4v) is 8.43. The van der Waals surface area contributed by atoms with Gasteiger partial charge in [0, 0.05) is 36.5 Å². The van der Waals surface area contributed by atoms with E-state index >= 15 is 0 Å². The molecule has 2 N–H and O–H groups in total. The summed E-state index contributed by atoms with van der Waals surface area (Å²) in [6.45, 7) is 11.3. The van der Waals surface area contributed by atoms with Gasteiger partial charge in [0.25, 0.3) is 0 Å². The van der Waals surface area contributed by atoms with Gasteiger partial charge in [0.15, 0.2) is 0 Å². The van der Waals surface area contributed by atoms with Crippen molar-refractivity contribution < 1.29 is 52.3 Å². The molecule has 0 aromatic heterocycles. The molecule has 0 bridgehead atoms. The number of hydrogen-bond donors (Lipinski definition) is 2. The van der Waals surface area contributed by atoms with E-state index in [2.05, 4.69) is 34.3 Å². The minimum absolute atomic E-state index is 0.0866. The van der Waals surface area contributed by atoms with Gasteiger partial charge in [0.05, 0.1) is 52.9 Å². The molecule has 0 aliphatic heterocycles. The number of ether oxygens (including phenoxy) is 7. The molecule has 0 aromatic rings. The van der Waals surface area contributed by atoms with E-state index in [-0.39, 0.29) is 37.3 Å². The highest BCUT2D eigenvalue weighted by molar-refractivity contribution is 5.89. The monoisotopic (exact) mass is 796 g/mol. The van der Waals surface area contributed by atoms with Crippen molar-refractivity contribution in [3.8, 4) is 23.7 Å². The number of nitrogens with one attached hydrogen (secondary N) is 2. The summed E-state index contributed by atoms with van der Waals surface area (Å²) < 4.78 is 39.6. The van der Waals surface area contributed by atoms with Crippen LogP contribution in [0.25, 0.3) is 0 Å². The summed E-state index contributed by atoms with van der Waals surface area (Å²) in [6.07, 6.45) is 8.90. The summed E-state index contributed by atoms with van der Waals surface area (Å²) in [4.78, 5) is 50.5. The Balaban J connectivity index is 0.754. The lowest BCUT2D eigenvalue weighted by molar-refractivity contribution is -0.149. The Hall–Kier alpha value is -3.52. The Kier molecular flexibility index (Phi) is 14.4. The second-order valence-corrected chi connectivity index (χ2v) is 18.7. The second kappa shape index (κ2) is 19.0. The van der Waals surface area contributed by atoms with E-state index in [0.717, 1.165) is 51.4 Å². The zero-order chi connectivity index (χ0) is 40.5. The standard InChI is InChI=1S/C44H64N2O11/c1-41(2,27-51-21-23-54-37(47)43(17-18-43)45-39(49)56-25-35-31-13-9-5-6-10-14-32(31)35)29-53-30-42(3,4)28-52-22-24-55-38(48)44(19-20-44)46-40(50)57-26-36-33-15-11-7-8-12-16-34(33)36/h31-36H,9-30H2,1-4H3,(H,45,49)(H,46,50)/t31-,32+,33-,34+,35-,36-. The molecule has 6 rings (SSSR count). The van der Waals surface area contributed by atoms with Crippen LogP contribution in [0, 0.1) is 70.0 Å². The zero-order valence-electron chi connectivity index (χ0n) is 34.5. The molecule has 6 aliphatic rings. The van der Waals surface area contributed by atoms with Gasteiger partial charge in [-0.25, -0.2) is 19.2 Å². The highest BCUT2D eigenvalue weighted by Gasteiger charge is 2.55. The Labute approximate surface area is 338 Å². The molecule has 0 unspecified atom stereocenters. The van der Waals surface area contributed by atoms with Gasteiger partial charge >= 0.3 is 24.1 Å². The zero-order valence-corrected chi connectivity index (χ0v) is 34.5. The summed E-state index contributed by atoms with van der Waals surface area (Å²) in [5.41, 5.74) is -2.57. The molecule has 0 spiro atoms. The lowest BCUT2D eigenvalue weighted by Crippen LogP contribution is -2.45. The SMILES string of the molecule is CC(C)(COCCOC(=O)C1(NC(=O)OC[C@@H]2[C@@H]3CCC#CCC[C@@H]32)CC1)COCC(C)(C)COCCOC(=O)C1(NC(=O)OC[C@@H]2[C@@H]3CCC#CCC[C@@H]32)CC1. The largest absolute Gasteiger partial charge is 0.461 e. The van der Waals surface area contributed by atoms with Crippen molar-refractivity contribution in [3.63, 3.8) is 0 Å². The predicted molar refractivity (Wildman–Crippen MR) is 208 cm³/mol. The van der Waals surface area contributed by atoms with Crippen LogP contribution in [0.5, 0.6) is 0 Å². The Bertz CT molecular complexity index is 1410. The van der Waals surface area contributed by atoms with Crippen molar-refractivity contribution in [3.05, 3.63) is 0 Å². The molecule has 13 nitrogen and oxygen atoms in total. The molecular weight excluding hydrogens is 732 g/mol. The minimum Gasteiger partial charge on any atom is -0.461 e. The molecule has 0 radical (unpaired) electrons. The van der Waals surface area contributed by atoms with Gasteiger partial charge in [-0.2, -0.15) is 0 Å². The number of rotatable bonds is 22. The Morgan fingerprint density at radius 3 is 1.18 bits per heavy atom. The van der Waals surface area contributed by atoms with Crippen molar-refractivity contribution >= 4 is 24.1 Å². The molecule has 57 heavy (non-hydrogen) atoms. The van der Waals surface area contributed by atoms with E-state index in [1.54, 1.807) is 0 Å². The fraction of sp³-hybridized carbons (Fsp3) is 0.818. The molecule has 6 aliphatic carbocycles. The molecule has 0 saturated heterocycles. The summed E-state index contributed by atoms with van der Waals surface area (Å²) in [6, 6.07) is 0. The molecule has 0 heterocycles. The van der Waals surface area contributed by atoms with Crippen LogP contribution in [0.15, 0.2) is 0 Å². The van der Waals surface area contributed by atoms with Crippen LogP contribution >= 0.6 is 0 Å². The van der Waals surface area contributed by atoms with Crippen LogP contribution in [0.1, 0.15) is 105 Å². The third kappa shape index (κ3) is 12.7. The van der Waals surface area contributed by atoms with Crippen molar-refractivity contribution in [1.82, 2.24) is 10.6 Å². The lowest BCUT2D eigenvalue weighted by atomic mass is 9.94. The third-order valence-electron chi connectivity index (χ3n) is 12.3. The normalized spacial score (nSPS) is 27.2. The molecule has 4 saturated carbocycles. The summed E-state index contributed by atoms with van der Waals surface area (Å²) in [5, 5.41) is 5.49. The van der Waals surface area contributed by atoms with Gasteiger partial charge in [0.2, 0.25) is 0 Å². The molecular formula is C44H64N2O11. The van der Waals surface area contributed by atoms with Crippen LogP contribution in [-0.4, -0.2) is 101 Å². The summed E-state index contributed by atoms with van der Waals surface area (Å²) in [5.74, 6) is 15.0. The maximum atomic E-state index is 12.8. The van der Waals surface area contributed by atoms with Crippen LogP contribution in [0.4, 0.5) is 9.59 Å². The van der Waals surface area contributed by atoms with E-state index in [4.69, 9.17) is 33.2 Å². The maximum Gasteiger partial charge on any atom is 0.408 e. The van der Waals surface area contributed by atoms with Gasteiger partial charge in [0.1, 0.15) is 24.3 Å². The molecule has 0 aromatic carbocycles. The number of carbonyl (C=O) groups is 4. The molecule has 2 amide bonds. The smallest absolute Gasteiger partial charge is 0.408 e. The van der Waals surface area contributed by atoms with Crippen molar-refractivity contribution in [1.29, 1.82) is 0 Å². The number of fused-ring (bicyclic) bond motifs is 2. The van der Waals surface area contributed by atoms with Gasteiger partial charge in [-0.1, -0.05) is 27.7 Å². The quantitative estimate of drug-likeness (QED) is 0.0611. The molecule has 4 fully saturated rings. The van der Waals surface area contributed by atoms with E-state index in [9.17, 15) is 19.2 Å². The van der Waals surface area contributed by atoms with Crippen molar-refractivity contribution in [2.75, 3.05) is 66.1 Å². The van der Waals surface area contributed by atoms with E-state index < -0.39 is 35.2 Å². The molecule has 6 atom stereocenters. The maximum absolute atomic E-state index is 12.8. The van der Waals surface area contributed by atoms with E-state index in [1.807, 2.05) is 27.7 Å². The second-order valence-electron chi connectivity index (χ2n) is 18.7. The number of alkyl carbamates (subject to hydrolysis) is 2. The first-order valence-electron chi connectivity index (χ1n) is 21.2. The number of carbonyl (C=O) groups excluding carboxylic acids is 4. The van der Waals surface area contributed by atoms with Gasteiger partial charge < -0.3 is 43.8 Å². The first kappa shape index (κ1) is 43.1. The highest BCUT2D eigenvalue weighted by atomic mass is 16.6. The van der Waals surface area contributed by atoms with E-state index in [1.165, 1.54) is 0 Å². The topological polar surface area (TPSA) is 157 Å².